The molecule has 4 amide bonds. The molecule has 29 heavy (non-hydrogen) atoms. The van der Waals surface area contributed by atoms with Crippen molar-refractivity contribution in [3.8, 4) is 5.75 Å². The predicted octanol–water partition coefficient (Wildman–Crippen LogP) is 2.32. The van der Waals surface area contributed by atoms with Crippen LogP contribution in [0.15, 0.2) is 59.2 Å². The van der Waals surface area contributed by atoms with Gasteiger partial charge >= 0.3 is 6.03 Å². The summed E-state index contributed by atoms with van der Waals surface area (Å²) in [6, 6.07) is 9.68. The molecule has 152 valence electrons. The molecular formula is C21H23N3O5. The molecule has 2 aromatic rings. The van der Waals surface area contributed by atoms with E-state index in [-0.39, 0.29) is 13.1 Å². The van der Waals surface area contributed by atoms with E-state index in [0.29, 0.717) is 23.7 Å². The van der Waals surface area contributed by atoms with Crippen LogP contribution in [0.5, 0.6) is 5.75 Å². The normalized spacial score (nSPS) is 18.5. The Morgan fingerprint density at radius 1 is 1.28 bits per heavy atom. The molecule has 1 aromatic heterocycles. The van der Waals surface area contributed by atoms with Crippen molar-refractivity contribution in [1.29, 1.82) is 0 Å². The first kappa shape index (κ1) is 20.2. The van der Waals surface area contributed by atoms with Crippen LogP contribution in [0.4, 0.5) is 4.79 Å². The van der Waals surface area contributed by atoms with E-state index in [4.69, 9.17) is 9.15 Å². The van der Waals surface area contributed by atoms with Crippen molar-refractivity contribution in [3.63, 3.8) is 0 Å². The van der Waals surface area contributed by atoms with Crippen molar-refractivity contribution in [2.75, 3.05) is 13.2 Å². The summed E-state index contributed by atoms with van der Waals surface area (Å²) in [5, 5.41) is 5.30. The molecule has 1 saturated heterocycles. The first-order chi connectivity index (χ1) is 13.8. The van der Waals surface area contributed by atoms with Gasteiger partial charge in [-0.15, -0.1) is 0 Å². The Hall–Kier alpha value is -3.55. The van der Waals surface area contributed by atoms with Gasteiger partial charge in [-0.3, -0.25) is 14.5 Å². The molecule has 0 bridgehead atoms. The molecule has 0 saturated carbocycles. The van der Waals surface area contributed by atoms with Gasteiger partial charge in [0, 0.05) is 0 Å². The van der Waals surface area contributed by atoms with Gasteiger partial charge in [-0.25, -0.2) is 4.79 Å². The Morgan fingerprint density at radius 2 is 2.00 bits per heavy atom. The van der Waals surface area contributed by atoms with Crippen molar-refractivity contribution in [2.24, 2.45) is 0 Å². The zero-order valence-corrected chi connectivity index (χ0v) is 16.4. The second-order valence-electron chi connectivity index (χ2n) is 7.07. The number of benzene rings is 1. The standard InChI is InChI=1S/C21H23N3O5/c1-14(2)13-29-16-8-6-15(7-9-16)21(3)19(26)24(20(27)23-21)12-18(25)22-11-17-5-4-10-28-17/h4-10H,1,11-13H2,2-3H3,(H,22,25)(H,23,27). The highest BCUT2D eigenvalue weighted by Gasteiger charge is 2.49. The summed E-state index contributed by atoms with van der Waals surface area (Å²) in [7, 11) is 0. The van der Waals surface area contributed by atoms with Crippen LogP contribution in [0, 0.1) is 0 Å². The number of rotatable bonds is 8. The minimum atomic E-state index is -1.26. The number of amides is 4. The maximum Gasteiger partial charge on any atom is 0.325 e. The zero-order valence-electron chi connectivity index (χ0n) is 16.4. The maximum atomic E-state index is 12.9. The van der Waals surface area contributed by atoms with Gasteiger partial charge in [-0.05, 0) is 49.2 Å². The molecule has 8 heteroatoms. The molecule has 2 heterocycles. The van der Waals surface area contributed by atoms with Crippen LogP contribution < -0.4 is 15.4 Å². The number of urea groups is 1. The fourth-order valence-electron chi connectivity index (χ4n) is 2.93. The third-order valence-corrected chi connectivity index (χ3v) is 4.53. The summed E-state index contributed by atoms with van der Waals surface area (Å²) in [5.41, 5.74) is 0.225. The molecule has 1 aliphatic rings. The van der Waals surface area contributed by atoms with Crippen LogP contribution >= 0.6 is 0 Å². The van der Waals surface area contributed by atoms with E-state index in [2.05, 4.69) is 17.2 Å². The molecule has 0 aliphatic carbocycles. The minimum absolute atomic E-state index is 0.179. The molecule has 8 nitrogen and oxygen atoms in total. The van der Waals surface area contributed by atoms with Gasteiger partial charge in [0.15, 0.2) is 0 Å². The van der Waals surface area contributed by atoms with Crippen LogP contribution in [0.25, 0.3) is 0 Å². The van der Waals surface area contributed by atoms with Crippen molar-refractivity contribution in [1.82, 2.24) is 15.5 Å². The summed E-state index contributed by atoms with van der Waals surface area (Å²) in [4.78, 5) is 38.3. The Kier molecular flexibility index (Phi) is 5.72. The van der Waals surface area contributed by atoms with Gasteiger partial charge in [-0.1, -0.05) is 18.7 Å². The second-order valence-corrected chi connectivity index (χ2v) is 7.07. The Labute approximate surface area is 168 Å². The minimum Gasteiger partial charge on any atom is -0.489 e. The predicted molar refractivity (Wildman–Crippen MR) is 105 cm³/mol. The van der Waals surface area contributed by atoms with Gasteiger partial charge in [-0.2, -0.15) is 0 Å². The van der Waals surface area contributed by atoms with Crippen LogP contribution in [0.3, 0.4) is 0 Å². The molecule has 0 spiro atoms. The maximum absolute atomic E-state index is 12.9. The number of furan rings is 1. The topological polar surface area (TPSA) is 101 Å². The van der Waals surface area contributed by atoms with E-state index in [1.807, 2.05) is 6.92 Å². The van der Waals surface area contributed by atoms with Crippen LogP contribution in [-0.2, 0) is 21.7 Å². The van der Waals surface area contributed by atoms with E-state index in [9.17, 15) is 14.4 Å². The molecule has 1 unspecified atom stereocenters. The van der Waals surface area contributed by atoms with E-state index in [1.165, 1.54) is 6.26 Å². The highest BCUT2D eigenvalue weighted by Crippen LogP contribution is 2.30. The third-order valence-electron chi connectivity index (χ3n) is 4.53. The number of nitrogens with zero attached hydrogens (tertiary/aromatic N) is 1. The van der Waals surface area contributed by atoms with Crippen LogP contribution in [0.2, 0.25) is 0 Å². The highest BCUT2D eigenvalue weighted by molar-refractivity contribution is 6.09. The van der Waals surface area contributed by atoms with E-state index < -0.39 is 23.4 Å². The van der Waals surface area contributed by atoms with Crippen molar-refractivity contribution < 1.29 is 23.5 Å². The Balaban J connectivity index is 1.65. The monoisotopic (exact) mass is 397 g/mol. The highest BCUT2D eigenvalue weighted by atomic mass is 16.5. The number of carbonyl (C=O) groups is 3. The summed E-state index contributed by atoms with van der Waals surface area (Å²) in [5.74, 6) is 0.254. The fraction of sp³-hybridized carbons (Fsp3) is 0.286. The lowest BCUT2D eigenvalue weighted by Crippen LogP contribution is -2.43. The average Bonchev–Trinajstić information content (AvgIpc) is 3.28. The van der Waals surface area contributed by atoms with Crippen LogP contribution in [0.1, 0.15) is 25.2 Å². The van der Waals surface area contributed by atoms with E-state index in [0.717, 1.165) is 10.5 Å². The number of ether oxygens (including phenoxy) is 1. The van der Waals surface area contributed by atoms with Crippen molar-refractivity contribution in [2.45, 2.75) is 25.9 Å². The average molecular weight is 397 g/mol. The van der Waals surface area contributed by atoms with E-state index in [1.54, 1.807) is 43.3 Å². The largest absolute Gasteiger partial charge is 0.489 e. The summed E-state index contributed by atoms with van der Waals surface area (Å²) in [6.45, 7) is 7.45. The molecule has 1 atom stereocenters. The van der Waals surface area contributed by atoms with Crippen molar-refractivity contribution >= 4 is 17.8 Å². The van der Waals surface area contributed by atoms with Gasteiger partial charge < -0.3 is 19.8 Å². The number of hydrogen-bond donors (Lipinski definition) is 2. The number of carbonyl (C=O) groups excluding carboxylic acids is 3. The quantitative estimate of drug-likeness (QED) is 0.526. The smallest absolute Gasteiger partial charge is 0.325 e. The van der Waals surface area contributed by atoms with Gasteiger partial charge in [0.2, 0.25) is 5.91 Å². The first-order valence-corrected chi connectivity index (χ1v) is 9.10. The molecule has 0 radical (unpaired) electrons. The van der Waals surface area contributed by atoms with Gasteiger partial charge in [0.25, 0.3) is 5.91 Å². The molecular weight excluding hydrogens is 374 g/mol. The molecule has 1 aliphatic heterocycles. The SMILES string of the molecule is C=C(C)COc1ccc(C2(C)NC(=O)N(CC(=O)NCc3ccco3)C2=O)cc1. The summed E-state index contributed by atoms with van der Waals surface area (Å²) < 4.78 is 10.7. The fourth-order valence-corrected chi connectivity index (χ4v) is 2.93. The van der Waals surface area contributed by atoms with Gasteiger partial charge in [0.1, 0.15) is 30.2 Å². The third kappa shape index (κ3) is 4.48. The zero-order chi connectivity index (χ0) is 21.0. The first-order valence-electron chi connectivity index (χ1n) is 9.10. The second kappa shape index (κ2) is 8.22. The Bertz CT molecular complexity index is 920. The molecule has 3 rings (SSSR count). The molecule has 1 aromatic carbocycles. The number of hydrogen-bond acceptors (Lipinski definition) is 5. The van der Waals surface area contributed by atoms with Gasteiger partial charge in [0.05, 0.1) is 12.8 Å². The number of nitrogens with one attached hydrogen (secondary N) is 2. The lowest BCUT2D eigenvalue weighted by Gasteiger charge is -2.22. The van der Waals surface area contributed by atoms with Crippen LogP contribution in [-0.4, -0.2) is 35.9 Å². The van der Waals surface area contributed by atoms with Crippen molar-refractivity contribution in [3.05, 3.63) is 66.1 Å². The Morgan fingerprint density at radius 3 is 2.62 bits per heavy atom. The number of imide groups is 1. The summed E-state index contributed by atoms with van der Waals surface area (Å²) in [6.07, 6.45) is 1.50. The molecule has 1 fully saturated rings. The molecule has 2 N–H and O–H groups in total. The lowest BCUT2D eigenvalue weighted by molar-refractivity contribution is -0.134. The lowest BCUT2D eigenvalue weighted by atomic mass is 9.92. The summed E-state index contributed by atoms with van der Waals surface area (Å²) >= 11 is 0. The van der Waals surface area contributed by atoms with E-state index >= 15 is 0 Å².